The molecule has 0 saturated heterocycles. The van der Waals surface area contributed by atoms with E-state index in [9.17, 15) is 4.79 Å². The molecule has 1 heterocycles. The Morgan fingerprint density at radius 1 is 1.50 bits per heavy atom. The predicted octanol–water partition coefficient (Wildman–Crippen LogP) is 1.99. The van der Waals surface area contributed by atoms with Crippen molar-refractivity contribution in [2.24, 2.45) is 0 Å². The molecule has 0 unspecified atom stereocenters. The van der Waals surface area contributed by atoms with Gasteiger partial charge in [0, 0.05) is 24.2 Å². The highest BCUT2D eigenvalue weighted by Crippen LogP contribution is 2.09. The fourth-order valence-electron chi connectivity index (χ4n) is 1.58. The van der Waals surface area contributed by atoms with Gasteiger partial charge < -0.3 is 9.88 Å². The van der Waals surface area contributed by atoms with Gasteiger partial charge in [0.1, 0.15) is 0 Å². The van der Waals surface area contributed by atoms with Crippen molar-refractivity contribution in [3.8, 4) is 0 Å². The molecule has 0 atom stereocenters. The summed E-state index contributed by atoms with van der Waals surface area (Å²) in [5.74, 6) is -0.155. The smallest absolute Gasteiger partial charge is 0.246 e. The van der Waals surface area contributed by atoms with Crippen molar-refractivity contribution in [2.45, 2.75) is 26.4 Å². The third-order valence-corrected chi connectivity index (χ3v) is 2.50. The Kier molecular flexibility index (Phi) is 5.11. The lowest BCUT2D eigenvalue weighted by atomic mass is 10.2. The Bertz CT molecular complexity index is 471. The van der Waals surface area contributed by atoms with Crippen LogP contribution in [0.2, 0.25) is 0 Å². The molecule has 4 heteroatoms. The molecule has 1 N–H and O–H groups in total. The predicted molar refractivity (Wildman–Crippen MR) is 73.0 cm³/mol. The molecule has 0 saturated carbocycles. The molecule has 0 aliphatic heterocycles. The Morgan fingerprint density at radius 3 is 2.78 bits per heavy atom. The SMILES string of the molecule is C=CCc1c(CNC(=O)C(=C)C)ncn1CC=C. The first-order valence-corrected chi connectivity index (χ1v) is 5.78. The van der Waals surface area contributed by atoms with E-state index in [2.05, 4.69) is 30.0 Å². The van der Waals surface area contributed by atoms with Crippen molar-refractivity contribution >= 4 is 5.91 Å². The molecule has 0 aliphatic rings. The van der Waals surface area contributed by atoms with Gasteiger partial charge in [-0.1, -0.05) is 18.7 Å². The molecule has 0 aliphatic carbocycles. The standard InChI is InChI=1S/C14H19N3O/c1-5-7-13-12(9-15-14(18)11(3)4)16-10-17(13)8-6-2/h5-6,10H,1-3,7-9H2,4H3,(H,15,18). The highest BCUT2D eigenvalue weighted by Gasteiger charge is 2.10. The maximum Gasteiger partial charge on any atom is 0.246 e. The van der Waals surface area contributed by atoms with Crippen LogP contribution in [0.4, 0.5) is 0 Å². The van der Waals surface area contributed by atoms with Crippen molar-refractivity contribution in [1.82, 2.24) is 14.9 Å². The fourth-order valence-corrected chi connectivity index (χ4v) is 1.58. The van der Waals surface area contributed by atoms with Gasteiger partial charge in [-0.05, 0) is 6.92 Å². The van der Waals surface area contributed by atoms with Gasteiger partial charge in [0.25, 0.3) is 0 Å². The zero-order chi connectivity index (χ0) is 13.5. The van der Waals surface area contributed by atoms with E-state index in [0.717, 1.165) is 11.4 Å². The van der Waals surface area contributed by atoms with E-state index < -0.39 is 0 Å². The summed E-state index contributed by atoms with van der Waals surface area (Å²) in [7, 11) is 0. The van der Waals surface area contributed by atoms with E-state index in [0.29, 0.717) is 25.1 Å². The van der Waals surface area contributed by atoms with E-state index in [4.69, 9.17) is 0 Å². The summed E-state index contributed by atoms with van der Waals surface area (Å²) in [5, 5.41) is 2.78. The molecule has 1 aromatic heterocycles. The average Bonchev–Trinajstić information content (AvgIpc) is 2.70. The molecule has 0 fully saturated rings. The molecule has 0 spiro atoms. The minimum absolute atomic E-state index is 0.155. The third kappa shape index (κ3) is 3.45. The number of amides is 1. The van der Waals surface area contributed by atoms with Gasteiger partial charge >= 0.3 is 0 Å². The molecule has 0 radical (unpaired) electrons. The van der Waals surface area contributed by atoms with E-state index in [1.54, 1.807) is 13.3 Å². The summed E-state index contributed by atoms with van der Waals surface area (Å²) < 4.78 is 2.00. The first-order chi connectivity index (χ1) is 8.60. The highest BCUT2D eigenvalue weighted by atomic mass is 16.1. The summed E-state index contributed by atoms with van der Waals surface area (Å²) in [6.45, 7) is 13.8. The van der Waals surface area contributed by atoms with Gasteiger partial charge in [-0.3, -0.25) is 4.79 Å². The fraction of sp³-hybridized carbons (Fsp3) is 0.286. The lowest BCUT2D eigenvalue weighted by Crippen LogP contribution is -2.24. The molecule has 96 valence electrons. The van der Waals surface area contributed by atoms with Crippen molar-refractivity contribution in [3.63, 3.8) is 0 Å². The van der Waals surface area contributed by atoms with Crippen LogP contribution in [0.25, 0.3) is 0 Å². The Labute approximate surface area is 108 Å². The van der Waals surface area contributed by atoms with E-state index >= 15 is 0 Å². The molecular weight excluding hydrogens is 226 g/mol. The van der Waals surface area contributed by atoms with Crippen molar-refractivity contribution < 1.29 is 4.79 Å². The molecular formula is C14H19N3O. The quantitative estimate of drug-likeness (QED) is 0.590. The van der Waals surface area contributed by atoms with Crippen molar-refractivity contribution in [3.05, 3.63) is 55.2 Å². The van der Waals surface area contributed by atoms with Crippen molar-refractivity contribution in [1.29, 1.82) is 0 Å². The number of carbonyl (C=O) groups excluding carboxylic acids is 1. The van der Waals surface area contributed by atoms with Gasteiger partial charge in [-0.15, -0.1) is 13.2 Å². The second-order valence-corrected chi connectivity index (χ2v) is 4.03. The maximum atomic E-state index is 11.4. The Morgan fingerprint density at radius 2 is 2.22 bits per heavy atom. The van der Waals surface area contributed by atoms with Crippen LogP contribution in [0.15, 0.2) is 43.8 Å². The van der Waals surface area contributed by atoms with Crippen LogP contribution >= 0.6 is 0 Å². The Hall–Kier alpha value is -2.10. The van der Waals surface area contributed by atoms with Gasteiger partial charge in [0.15, 0.2) is 0 Å². The van der Waals surface area contributed by atoms with Gasteiger partial charge in [0.05, 0.1) is 18.6 Å². The van der Waals surface area contributed by atoms with Crippen LogP contribution in [0.1, 0.15) is 18.3 Å². The molecule has 1 amide bonds. The molecule has 0 bridgehead atoms. The van der Waals surface area contributed by atoms with Gasteiger partial charge in [-0.2, -0.15) is 0 Å². The monoisotopic (exact) mass is 245 g/mol. The largest absolute Gasteiger partial charge is 0.347 e. The summed E-state index contributed by atoms with van der Waals surface area (Å²) in [6.07, 6.45) is 6.10. The summed E-state index contributed by atoms with van der Waals surface area (Å²) in [6, 6.07) is 0. The van der Waals surface area contributed by atoms with Crippen LogP contribution in [-0.4, -0.2) is 15.5 Å². The second-order valence-electron chi connectivity index (χ2n) is 4.03. The number of carbonyl (C=O) groups is 1. The van der Waals surface area contributed by atoms with Crippen LogP contribution in [0.5, 0.6) is 0 Å². The van der Waals surface area contributed by atoms with Gasteiger partial charge in [0.2, 0.25) is 5.91 Å². The highest BCUT2D eigenvalue weighted by molar-refractivity contribution is 5.91. The van der Waals surface area contributed by atoms with Crippen molar-refractivity contribution in [2.75, 3.05) is 0 Å². The lowest BCUT2D eigenvalue weighted by Gasteiger charge is -2.07. The first kappa shape index (κ1) is 14.0. The van der Waals surface area contributed by atoms with Crippen LogP contribution in [0, 0.1) is 0 Å². The molecule has 4 nitrogen and oxygen atoms in total. The zero-order valence-electron chi connectivity index (χ0n) is 10.8. The number of hydrogen-bond donors (Lipinski definition) is 1. The second kappa shape index (κ2) is 6.59. The molecule has 0 aromatic carbocycles. The van der Waals surface area contributed by atoms with E-state index in [-0.39, 0.29) is 5.91 Å². The lowest BCUT2D eigenvalue weighted by molar-refractivity contribution is -0.117. The topological polar surface area (TPSA) is 46.9 Å². The van der Waals surface area contributed by atoms with E-state index in [1.807, 2.05) is 16.7 Å². The first-order valence-electron chi connectivity index (χ1n) is 5.78. The van der Waals surface area contributed by atoms with E-state index in [1.165, 1.54) is 0 Å². The zero-order valence-corrected chi connectivity index (χ0v) is 10.8. The molecule has 1 rings (SSSR count). The third-order valence-electron chi connectivity index (χ3n) is 2.50. The van der Waals surface area contributed by atoms with Crippen LogP contribution < -0.4 is 5.32 Å². The Balaban J connectivity index is 2.81. The number of rotatable bonds is 7. The summed E-state index contributed by atoms with van der Waals surface area (Å²) >= 11 is 0. The number of imidazole rings is 1. The number of hydrogen-bond acceptors (Lipinski definition) is 2. The average molecular weight is 245 g/mol. The normalized spacial score (nSPS) is 9.83. The summed E-state index contributed by atoms with van der Waals surface area (Å²) in [4.78, 5) is 15.7. The van der Waals surface area contributed by atoms with Crippen LogP contribution in [0.3, 0.4) is 0 Å². The number of allylic oxidation sites excluding steroid dienone is 2. The number of nitrogens with one attached hydrogen (secondary N) is 1. The van der Waals surface area contributed by atoms with Gasteiger partial charge in [-0.25, -0.2) is 4.98 Å². The number of aromatic nitrogens is 2. The minimum Gasteiger partial charge on any atom is -0.347 e. The molecule has 1 aromatic rings. The molecule has 18 heavy (non-hydrogen) atoms. The number of nitrogens with zero attached hydrogens (tertiary/aromatic N) is 2. The maximum absolute atomic E-state index is 11.4. The minimum atomic E-state index is -0.155. The van der Waals surface area contributed by atoms with Crippen LogP contribution in [-0.2, 0) is 24.3 Å². The summed E-state index contributed by atoms with van der Waals surface area (Å²) in [5.41, 5.74) is 2.39.